The van der Waals surface area contributed by atoms with Crippen molar-refractivity contribution in [3.63, 3.8) is 0 Å². The normalized spacial score (nSPS) is 11.3. The largest absolute Gasteiger partial charge is 0.304 e. The maximum atomic E-state index is 12.5. The summed E-state index contributed by atoms with van der Waals surface area (Å²) >= 11 is 6.05. The van der Waals surface area contributed by atoms with Crippen LogP contribution in [0, 0.1) is 6.92 Å². The van der Waals surface area contributed by atoms with E-state index in [-0.39, 0.29) is 5.56 Å². The summed E-state index contributed by atoms with van der Waals surface area (Å²) in [5.74, 6) is 0. The van der Waals surface area contributed by atoms with Gasteiger partial charge in [0.15, 0.2) is 0 Å². The summed E-state index contributed by atoms with van der Waals surface area (Å²) in [6.45, 7) is 6.00. The summed E-state index contributed by atoms with van der Waals surface area (Å²) in [5, 5.41) is 9.19. The lowest BCUT2D eigenvalue weighted by molar-refractivity contribution is 0.827. The standard InChI is InChI=1S/C14H12ClN3O/c1-3-6-18-11-5-4-9(15)7-10(11)13-12(14(18)19)8(2)16-17-13/h3-5,7H,1,6H2,2H3,(H,16,17). The molecule has 0 aliphatic heterocycles. The molecular formula is C14H12ClN3O. The summed E-state index contributed by atoms with van der Waals surface area (Å²) in [6.07, 6.45) is 1.71. The second kappa shape index (κ2) is 4.24. The van der Waals surface area contributed by atoms with Crippen LogP contribution < -0.4 is 5.56 Å². The molecule has 0 unspecified atom stereocenters. The quantitative estimate of drug-likeness (QED) is 0.730. The number of allylic oxidation sites excluding steroid dienone is 1. The van der Waals surface area contributed by atoms with Crippen molar-refractivity contribution in [1.29, 1.82) is 0 Å². The number of aromatic amines is 1. The number of hydrogen-bond acceptors (Lipinski definition) is 2. The van der Waals surface area contributed by atoms with Gasteiger partial charge in [-0.25, -0.2) is 0 Å². The van der Waals surface area contributed by atoms with Crippen molar-refractivity contribution in [3.05, 3.63) is 51.9 Å². The number of H-pyrrole nitrogens is 1. The van der Waals surface area contributed by atoms with E-state index in [0.29, 0.717) is 22.5 Å². The van der Waals surface area contributed by atoms with Gasteiger partial charge in [0.25, 0.3) is 5.56 Å². The molecular weight excluding hydrogens is 262 g/mol. The Kier molecular flexibility index (Phi) is 2.68. The number of aryl methyl sites for hydroxylation is 1. The van der Waals surface area contributed by atoms with Gasteiger partial charge in [-0.3, -0.25) is 9.89 Å². The predicted octanol–water partition coefficient (Wildman–Crippen LogP) is 3.03. The van der Waals surface area contributed by atoms with Crippen LogP contribution in [-0.2, 0) is 6.54 Å². The average molecular weight is 274 g/mol. The smallest absolute Gasteiger partial charge is 0.262 e. The van der Waals surface area contributed by atoms with Crippen molar-refractivity contribution < 1.29 is 0 Å². The van der Waals surface area contributed by atoms with E-state index in [2.05, 4.69) is 16.8 Å². The number of aromatic nitrogens is 3. The van der Waals surface area contributed by atoms with Crippen molar-refractivity contribution in [2.75, 3.05) is 0 Å². The highest BCUT2D eigenvalue weighted by Crippen LogP contribution is 2.25. The Balaban J connectivity index is 2.63. The Morgan fingerprint density at radius 1 is 1.53 bits per heavy atom. The number of halogens is 1. The zero-order valence-corrected chi connectivity index (χ0v) is 11.2. The number of hydrogen-bond donors (Lipinski definition) is 1. The van der Waals surface area contributed by atoms with Gasteiger partial charge in [-0.1, -0.05) is 17.7 Å². The number of rotatable bonds is 2. The first-order chi connectivity index (χ1) is 9.13. The molecule has 0 aliphatic rings. The predicted molar refractivity (Wildman–Crippen MR) is 77.8 cm³/mol. The van der Waals surface area contributed by atoms with Crippen LogP contribution >= 0.6 is 11.6 Å². The molecule has 5 heteroatoms. The van der Waals surface area contributed by atoms with E-state index in [1.807, 2.05) is 19.1 Å². The minimum Gasteiger partial charge on any atom is -0.304 e. The number of fused-ring (bicyclic) bond motifs is 3. The van der Waals surface area contributed by atoms with Gasteiger partial charge in [0.05, 0.1) is 10.9 Å². The van der Waals surface area contributed by atoms with Gasteiger partial charge in [-0.05, 0) is 25.1 Å². The first-order valence-corrected chi connectivity index (χ1v) is 6.29. The molecule has 0 radical (unpaired) electrons. The first-order valence-electron chi connectivity index (χ1n) is 5.91. The summed E-state index contributed by atoms with van der Waals surface area (Å²) in [5.41, 5.74) is 2.18. The molecule has 3 aromatic rings. The van der Waals surface area contributed by atoms with Crippen LogP contribution in [0.5, 0.6) is 0 Å². The molecule has 0 atom stereocenters. The van der Waals surface area contributed by atoms with E-state index >= 15 is 0 Å². The Labute approximate surface area is 114 Å². The van der Waals surface area contributed by atoms with Gasteiger partial charge in [0.2, 0.25) is 0 Å². The van der Waals surface area contributed by atoms with Crippen molar-refractivity contribution in [2.24, 2.45) is 0 Å². The van der Waals surface area contributed by atoms with Crippen LogP contribution in [0.1, 0.15) is 5.69 Å². The molecule has 0 saturated heterocycles. The molecule has 2 aromatic heterocycles. The van der Waals surface area contributed by atoms with E-state index < -0.39 is 0 Å². The molecule has 19 heavy (non-hydrogen) atoms. The third-order valence-corrected chi connectivity index (χ3v) is 3.46. The molecule has 0 fully saturated rings. The first kappa shape index (κ1) is 12.0. The number of benzene rings is 1. The monoisotopic (exact) mass is 273 g/mol. The van der Waals surface area contributed by atoms with E-state index in [4.69, 9.17) is 11.6 Å². The molecule has 2 heterocycles. The van der Waals surface area contributed by atoms with Crippen LogP contribution in [0.3, 0.4) is 0 Å². The minimum atomic E-state index is -0.0593. The number of nitrogens with zero attached hydrogens (tertiary/aromatic N) is 2. The third kappa shape index (κ3) is 1.68. The van der Waals surface area contributed by atoms with E-state index in [9.17, 15) is 4.79 Å². The topological polar surface area (TPSA) is 50.7 Å². The molecule has 1 aromatic carbocycles. The summed E-state index contributed by atoms with van der Waals surface area (Å²) in [7, 11) is 0. The Morgan fingerprint density at radius 3 is 3.05 bits per heavy atom. The lowest BCUT2D eigenvalue weighted by atomic mass is 10.1. The number of pyridine rings is 1. The summed E-state index contributed by atoms with van der Waals surface area (Å²) in [6, 6.07) is 5.44. The molecule has 4 nitrogen and oxygen atoms in total. The van der Waals surface area contributed by atoms with Crippen LogP contribution in [0.4, 0.5) is 0 Å². The fourth-order valence-electron chi connectivity index (χ4n) is 2.37. The minimum absolute atomic E-state index is 0.0593. The zero-order chi connectivity index (χ0) is 13.6. The van der Waals surface area contributed by atoms with Gasteiger partial charge in [0, 0.05) is 22.6 Å². The molecule has 0 aliphatic carbocycles. The van der Waals surface area contributed by atoms with Gasteiger partial charge in [-0.15, -0.1) is 6.58 Å². The highest BCUT2D eigenvalue weighted by Gasteiger charge is 2.14. The summed E-state index contributed by atoms with van der Waals surface area (Å²) in [4.78, 5) is 12.5. The van der Waals surface area contributed by atoms with Crippen LogP contribution in [0.2, 0.25) is 5.02 Å². The molecule has 0 amide bonds. The van der Waals surface area contributed by atoms with Crippen LogP contribution in [-0.4, -0.2) is 14.8 Å². The molecule has 96 valence electrons. The molecule has 0 bridgehead atoms. The molecule has 0 spiro atoms. The third-order valence-electron chi connectivity index (χ3n) is 3.22. The highest BCUT2D eigenvalue weighted by atomic mass is 35.5. The second-order valence-electron chi connectivity index (χ2n) is 4.44. The number of nitrogens with one attached hydrogen (secondary N) is 1. The zero-order valence-electron chi connectivity index (χ0n) is 10.4. The summed E-state index contributed by atoms with van der Waals surface area (Å²) < 4.78 is 1.68. The van der Waals surface area contributed by atoms with E-state index in [0.717, 1.165) is 16.6 Å². The fourth-order valence-corrected chi connectivity index (χ4v) is 2.55. The SMILES string of the molecule is C=CCn1c(=O)c2c(C)[nH]nc2c2cc(Cl)ccc21. The fraction of sp³-hybridized carbons (Fsp3) is 0.143. The van der Waals surface area contributed by atoms with Crippen molar-refractivity contribution in [2.45, 2.75) is 13.5 Å². The van der Waals surface area contributed by atoms with Crippen molar-refractivity contribution in [3.8, 4) is 0 Å². The van der Waals surface area contributed by atoms with Gasteiger partial charge in [-0.2, -0.15) is 5.10 Å². The maximum absolute atomic E-state index is 12.5. The van der Waals surface area contributed by atoms with E-state index in [1.165, 1.54) is 0 Å². The lowest BCUT2D eigenvalue weighted by Gasteiger charge is -2.09. The van der Waals surface area contributed by atoms with Crippen molar-refractivity contribution >= 4 is 33.4 Å². The Hall–Kier alpha value is -2.07. The van der Waals surface area contributed by atoms with Crippen LogP contribution in [0.25, 0.3) is 21.8 Å². The second-order valence-corrected chi connectivity index (χ2v) is 4.87. The highest BCUT2D eigenvalue weighted by molar-refractivity contribution is 6.31. The molecule has 0 saturated carbocycles. The molecule has 3 rings (SSSR count). The van der Waals surface area contributed by atoms with Gasteiger partial charge in [0.1, 0.15) is 5.52 Å². The van der Waals surface area contributed by atoms with Crippen molar-refractivity contribution in [1.82, 2.24) is 14.8 Å². The van der Waals surface area contributed by atoms with Crippen LogP contribution in [0.15, 0.2) is 35.6 Å². The van der Waals surface area contributed by atoms with E-state index in [1.54, 1.807) is 16.7 Å². The van der Waals surface area contributed by atoms with Gasteiger partial charge >= 0.3 is 0 Å². The average Bonchev–Trinajstić information content (AvgIpc) is 2.77. The lowest BCUT2D eigenvalue weighted by Crippen LogP contribution is -2.20. The maximum Gasteiger partial charge on any atom is 0.262 e. The van der Waals surface area contributed by atoms with Gasteiger partial charge < -0.3 is 4.57 Å². The molecule has 1 N–H and O–H groups in total. The Bertz CT molecular complexity index is 860. The Morgan fingerprint density at radius 2 is 2.32 bits per heavy atom.